The third-order valence-corrected chi connectivity index (χ3v) is 7.36. The van der Waals surface area contributed by atoms with Gasteiger partial charge in [-0.1, -0.05) is 89.5 Å². The summed E-state index contributed by atoms with van der Waals surface area (Å²) in [5.74, 6) is 0.726. The summed E-state index contributed by atoms with van der Waals surface area (Å²) >= 11 is 6.16. The number of benzene rings is 3. The molecule has 1 heterocycles. The number of nitrogens with zero attached hydrogens (tertiary/aromatic N) is 2. The third-order valence-electron chi connectivity index (χ3n) is 7.06. The first-order valence-corrected chi connectivity index (χ1v) is 14.4. The van der Waals surface area contributed by atoms with Crippen LogP contribution in [0.5, 0.6) is 11.5 Å². The second kappa shape index (κ2) is 14.0. The standard InChI is InChI=1S/C20H24N4.C14H21ClO2.Ni/c1-13-7-5-8-14(2)17(13)23-19-20(22-12-11-21-19)24-18-15(3)9-6-10-16(18)4;1-13(2,3)8-7-9(15)10(14(4,5)6)12(17)11(8)16;/h5-10H,11-12H2,1-4H3,(H,21,23)(H,22,24);7,16-17H,1-6H3;/q;;+2/p-2. The van der Waals surface area contributed by atoms with E-state index < -0.39 is 16.9 Å². The van der Waals surface area contributed by atoms with Gasteiger partial charge in [0.1, 0.15) is 0 Å². The molecule has 0 aromatic heterocycles. The van der Waals surface area contributed by atoms with Gasteiger partial charge in [-0.2, -0.15) is 0 Å². The molecule has 0 aliphatic carbocycles. The van der Waals surface area contributed by atoms with Gasteiger partial charge in [0, 0.05) is 16.4 Å². The Morgan fingerprint density at radius 2 is 1.05 bits per heavy atom. The number of aryl methyl sites for hydroxylation is 4. The molecule has 0 bridgehead atoms. The maximum absolute atomic E-state index is 12.1. The number of hydrogen-bond donors (Lipinski definition) is 2. The molecule has 42 heavy (non-hydrogen) atoms. The Hall–Kier alpha value is -3.02. The van der Waals surface area contributed by atoms with Crippen molar-refractivity contribution in [3.05, 3.63) is 80.9 Å². The van der Waals surface area contributed by atoms with Crippen LogP contribution in [-0.4, -0.2) is 24.8 Å². The predicted molar refractivity (Wildman–Crippen MR) is 171 cm³/mol. The van der Waals surface area contributed by atoms with E-state index in [4.69, 9.17) is 11.6 Å². The van der Waals surface area contributed by atoms with Crippen molar-refractivity contribution in [2.75, 3.05) is 23.7 Å². The molecule has 0 spiro atoms. The van der Waals surface area contributed by atoms with E-state index in [9.17, 15) is 10.2 Å². The summed E-state index contributed by atoms with van der Waals surface area (Å²) in [6.07, 6.45) is 0. The van der Waals surface area contributed by atoms with Crippen LogP contribution in [0.1, 0.15) is 74.9 Å². The average Bonchev–Trinajstić information content (AvgIpc) is 2.86. The molecular weight excluding hydrogens is 591 g/mol. The van der Waals surface area contributed by atoms with Crippen molar-refractivity contribution in [1.29, 1.82) is 0 Å². The van der Waals surface area contributed by atoms with Crippen LogP contribution < -0.4 is 20.8 Å². The van der Waals surface area contributed by atoms with Crippen LogP contribution in [0, 0.1) is 27.7 Å². The molecule has 228 valence electrons. The molecule has 1 aliphatic heterocycles. The number of rotatable bonds is 2. The van der Waals surface area contributed by atoms with E-state index in [0.29, 0.717) is 29.2 Å². The fourth-order valence-corrected chi connectivity index (χ4v) is 5.27. The first-order chi connectivity index (χ1) is 19.0. The van der Waals surface area contributed by atoms with Crippen LogP contribution in [-0.2, 0) is 27.3 Å². The molecule has 0 unspecified atom stereocenters. The van der Waals surface area contributed by atoms with Gasteiger partial charge < -0.3 is 20.8 Å². The molecule has 0 amide bonds. The number of amidine groups is 2. The molecule has 1 aliphatic rings. The smallest absolute Gasteiger partial charge is 0.873 e. The quantitative estimate of drug-likeness (QED) is 0.289. The van der Waals surface area contributed by atoms with Gasteiger partial charge in [-0.15, -0.1) is 11.5 Å². The zero-order valence-corrected chi connectivity index (χ0v) is 28.1. The van der Waals surface area contributed by atoms with Crippen LogP contribution in [0.4, 0.5) is 11.4 Å². The van der Waals surface area contributed by atoms with Gasteiger partial charge in [0.25, 0.3) is 0 Å². The van der Waals surface area contributed by atoms with Crippen LogP contribution in [0.15, 0.2) is 52.4 Å². The Bertz CT molecular complexity index is 1370. The summed E-state index contributed by atoms with van der Waals surface area (Å²) in [4.78, 5) is 9.31. The van der Waals surface area contributed by atoms with Gasteiger partial charge in [-0.05, 0) is 78.0 Å². The SMILES string of the molecule is CC(C)(C)c1cc(Cl)c(C(C)(C)C)c([O-])c1[O-].Cc1cccc(C)c1NC1=NCCN=C1Nc1c(C)cccc1C.[Ni+2]. The van der Waals surface area contributed by atoms with Crippen molar-refractivity contribution in [3.8, 4) is 11.5 Å². The molecule has 0 fully saturated rings. The van der Waals surface area contributed by atoms with Gasteiger partial charge in [0.15, 0.2) is 11.7 Å². The largest absolute Gasteiger partial charge is 2.00 e. The van der Waals surface area contributed by atoms with E-state index in [-0.39, 0.29) is 21.9 Å². The van der Waals surface area contributed by atoms with Crippen LogP contribution in [0.3, 0.4) is 0 Å². The van der Waals surface area contributed by atoms with Crippen molar-refractivity contribution >= 4 is 34.6 Å². The van der Waals surface area contributed by atoms with Gasteiger partial charge in [0.05, 0.1) is 13.1 Å². The van der Waals surface area contributed by atoms with Gasteiger partial charge in [-0.3, -0.25) is 9.98 Å². The Labute approximate surface area is 266 Å². The molecule has 0 atom stereocenters. The first kappa shape index (κ1) is 35.2. The van der Waals surface area contributed by atoms with E-state index in [1.165, 1.54) is 22.3 Å². The Morgan fingerprint density at radius 3 is 1.38 bits per heavy atom. The minimum absolute atomic E-state index is 0. The fourth-order valence-electron chi connectivity index (χ4n) is 4.80. The number of hydrogen-bond acceptors (Lipinski definition) is 6. The van der Waals surface area contributed by atoms with E-state index in [2.05, 4.69) is 84.7 Å². The number of para-hydroxylation sites is 2. The summed E-state index contributed by atoms with van der Waals surface area (Å²) in [5.41, 5.74) is 7.15. The van der Waals surface area contributed by atoms with Crippen molar-refractivity contribution < 1.29 is 26.7 Å². The molecule has 0 saturated carbocycles. The molecule has 8 heteroatoms. The fraction of sp³-hybridized carbons (Fsp3) is 0.412. The second-order valence-corrected chi connectivity index (χ2v) is 13.1. The summed E-state index contributed by atoms with van der Waals surface area (Å²) < 4.78 is 0. The number of halogens is 1. The molecule has 2 N–H and O–H groups in total. The minimum Gasteiger partial charge on any atom is -0.873 e. The van der Waals surface area contributed by atoms with Gasteiger partial charge >= 0.3 is 16.5 Å². The molecule has 0 radical (unpaired) electrons. The zero-order valence-electron chi connectivity index (χ0n) is 26.4. The molecule has 3 aromatic carbocycles. The van der Waals surface area contributed by atoms with E-state index in [1.807, 2.05) is 41.5 Å². The summed E-state index contributed by atoms with van der Waals surface area (Å²) in [6, 6.07) is 14.2. The van der Waals surface area contributed by atoms with E-state index >= 15 is 0 Å². The number of aliphatic imine (C=N–C) groups is 2. The van der Waals surface area contributed by atoms with Crippen molar-refractivity contribution in [2.45, 2.75) is 80.1 Å². The first-order valence-electron chi connectivity index (χ1n) is 14.0. The second-order valence-electron chi connectivity index (χ2n) is 12.7. The van der Waals surface area contributed by atoms with Crippen LogP contribution in [0.2, 0.25) is 5.02 Å². The number of nitrogens with one attached hydrogen (secondary N) is 2. The molecular formula is C34H43ClN4NiO2. The maximum Gasteiger partial charge on any atom is 2.00 e. The Balaban J connectivity index is 0.000000305. The van der Waals surface area contributed by atoms with Crippen molar-refractivity contribution in [1.82, 2.24) is 0 Å². The number of anilines is 2. The predicted octanol–water partition coefficient (Wildman–Crippen LogP) is 7.33. The molecule has 3 aromatic rings. The maximum atomic E-state index is 12.1. The van der Waals surface area contributed by atoms with Crippen LogP contribution in [0.25, 0.3) is 0 Å². The topological polar surface area (TPSA) is 94.9 Å². The summed E-state index contributed by atoms with van der Waals surface area (Å²) in [6.45, 7) is 21.2. The van der Waals surface area contributed by atoms with Crippen LogP contribution >= 0.6 is 11.6 Å². The average molecular weight is 634 g/mol. The molecule has 4 rings (SSSR count). The third kappa shape index (κ3) is 8.29. The Morgan fingerprint density at radius 1 is 0.667 bits per heavy atom. The van der Waals surface area contributed by atoms with E-state index in [0.717, 1.165) is 23.0 Å². The van der Waals surface area contributed by atoms with Crippen molar-refractivity contribution in [3.63, 3.8) is 0 Å². The van der Waals surface area contributed by atoms with Gasteiger partial charge in [-0.25, -0.2) is 0 Å². The minimum atomic E-state index is -0.463. The van der Waals surface area contributed by atoms with Gasteiger partial charge in [0.2, 0.25) is 0 Å². The summed E-state index contributed by atoms with van der Waals surface area (Å²) in [5, 5.41) is 31.5. The molecule has 0 saturated heterocycles. The normalized spacial score (nSPS) is 13.2. The monoisotopic (exact) mass is 632 g/mol. The zero-order chi connectivity index (χ0) is 30.7. The molecule has 6 nitrogen and oxygen atoms in total. The Kier molecular flexibility index (Phi) is 11.7. The van der Waals surface area contributed by atoms with E-state index in [1.54, 1.807) is 6.07 Å². The summed E-state index contributed by atoms with van der Waals surface area (Å²) in [7, 11) is 0. The van der Waals surface area contributed by atoms with Crippen molar-refractivity contribution in [2.24, 2.45) is 9.98 Å².